The topological polar surface area (TPSA) is 59.9 Å². The standard InChI is InChI=1S/C15H20N4O/c1-6-16-14-17-13(18-15(19-14)20-5)12-10(3)7-9(2)8-11(12)4/h7-8H,6H2,1-5H3,(H,16,17,18,19). The average molecular weight is 272 g/mol. The van der Waals surface area contributed by atoms with E-state index in [1.807, 2.05) is 6.92 Å². The Hall–Kier alpha value is -2.17. The van der Waals surface area contributed by atoms with E-state index in [-0.39, 0.29) is 0 Å². The molecular weight excluding hydrogens is 252 g/mol. The van der Waals surface area contributed by atoms with Crippen molar-refractivity contribution < 1.29 is 4.74 Å². The zero-order valence-corrected chi connectivity index (χ0v) is 12.6. The second-order valence-corrected chi connectivity index (χ2v) is 4.77. The Morgan fingerprint density at radius 3 is 2.25 bits per heavy atom. The molecule has 0 spiro atoms. The number of nitrogens with zero attached hydrogens (tertiary/aromatic N) is 3. The van der Waals surface area contributed by atoms with E-state index in [2.05, 4.69) is 53.2 Å². The molecule has 0 atom stereocenters. The lowest BCUT2D eigenvalue weighted by molar-refractivity contribution is 0.379. The molecule has 2 aromatic rings. The van der Waals surface area contributed by atoms with E-state index in [0.29, 0.717) is 17.8 Å². The Morgan fingerprint density at radius 2 is 1.70 bits per heavy atom. The molecular formula is C15H20N4O. The van der Waals surface area contributed by atoms with Gasteiger partial charge in [-0.15, -0.1) is 0 Å². The predicted octanol–water partition coefficient (Wildman–Crippen LogP) is 2.90. The number of nitrogens with one attached hydrogen (secondary N) is 1. The molecule has 0 saturated heterocycles. The van der Waals surface area contributed by atoms with Crippen LogP contribution in [0.15, 0.2) is 12.1 Å². The predicted molar refractivity (Wildman–Crippen MR) is 80.2 cm³/mol. The van der Waals surface area contributed by atoms with Crippen LogP contribution in [0.3, 0.4) is 0 Å². The second kappa shape index (κ2) is 5.86. The van der Waals surface area contributed by atoms with Crippen LogP contribution >= 0.6 is 0 Å². The van der Waals surface area contributed by atoms with Crippen LogP contribution in [0.1, 0.15) is 23.6 Å². The lowest BCUT2D eigenvalue weighted by Gasteiger charge is -2.12. The summed E-state index contributed by atoms with van der Waals surface area (Å²) in [5.74, 6) is 1.18. The smallest absolute Gasteiger partial charge is 0.321 e. The Balaban J connectivity index is 2.60. The molecule has 20 heavy (non-hydrogen) atoms. The second-order valence-electron chi connectivity index (χ2n) is 4.77. The van der Waals surface area contributed by atoms with Crippen LogP contribution in [0.25, 0.3) is 11.4 Å². The zero-order valence-electron chi connectivity index (χ0n) is 12.6. The van der Waals surface area contributed by atoms with Gasteiger partial charge < -0.3 is 10.1 Å². The van der Waals surface area contributed by atoms with Crippen LogP contribution in [-0.2, 0) is 0 Å². The Bertz CT molecular complexity index is 602. The molecule has 0 radical (unpaired) electrons. The van der Waals surface area contributed by atoms with Gasteiger partial charge in [0, 0.05) is 12.1 Å². The molecule has 2 rings (SSSR count). The molecule has 1 heterocycles. The van der Waals surface area contributed by atoms with Crippen molar-refractivity contribution in [2.75, 3.05) is 19.0 Å². The highest BCUT2D eigenvalue weighted by atomic mass is 16.5. The summed E-state index contributed by atoms with van der Waals surface area (Å²) in [7, 11) is 1.56. The van der Waals surface area contributed by atoms with Gasteiger partial charge >= 0.3 is 6.01 Å². The van der Waals surface area contributed by atoms with Crippen LogP contribution in [0, 0.1) is 20.8 Å². The maximum Gasteiger partial charge on any atom is 0.321 e. The molecule has 1 N–H and O–H groups in total. The molecule has 0 amide bonds. The molecule has 1 aromatic heterocycles. The first-order chi connectivity index (χ1) is 9.55. The third kappa shape index (κ3) is 2.87. The largest absolute Gasteiger partial charge is 0.467 e. The highest BCUT2D eigenvalue weighted by molar-refractivity contribution is 5.66. The number of hydrogen-bond acceptors (Lipinski definition) is 5. The quantitative estimate of drug-likeness (QED) is 0.927. The van der Waals surface area contributed by atoms with E-state index < -0.39 is 0 Å². The van der Waals surface area contributed by atoms with Crippen LogP contribution in [0.4, 0.5) is 5.95 Å². The maximum absolute atomic E-state index is 5.16. The van der Waals surface area contributed by atoms with Crippen molar-refractivity contribution in [1.82, 2.24) is 15.0 Å². The lowest BCUT2D eigenvalue weighted by Crippen LogP contribution is -2.07. The average Bonchev–Trinajstić information content (AvgIpc) is 2.37. The fourth-order valence-electron chi connectivity index (χ4n) is 2.33. The molecule has 106 valence electrons. The number of ether oxygens (including phenoxy) is 1. The number of methoxy groups -OCH3 is 1. The lowest BCUT2D eigenvalue weighted by atomic mass is 9.99. The summed E-state index contributed by atoms with van der Waals surface area (Å²) >= 11 is 0. The number of anilines is 1. The Morgan fingerprint density at radius 1 is 1.05 bits per heavy atom. The number of benzene rings is 1. The first kappa shape index (κ1) is 14.2. The van der Waals surface area contributed by atoms with Crippen LogP contribution in [0.2, 0.25) is 0 Å². The van der Waals surface area contributed by atoms with E-state index in [4.69, 9.17) is 4.74 Å². The summed E-state index contributed by atoms with van der Waals surface area (Å²) in [5.41, 5.74) is 4.57. The van der Waals surface area contributed by atoms with E-state index in [0.717, 1.165) is 23.2 Å². The number of aryl methyl sites for hydroxylation is 3. The van der Waals surface area contributed by atoms with Crippen molar-refractivity contribution >= 4 is 5.95 Å². The van der Waals surface area contributed by atoms with Gasteiger partial charge in [0.25, 0.3) is 0 Å². The van der Waals surface area contributed by atoms with Gasteiger partial charge in [0.2, 0.25) is 5.95 Å². The van der Waals surface area contributed by atoms with Gasteiger partial charge in [0.05, 0.1) is 7.11 Å². The minimum atomic E-state index is 0.324. The molecule has 0 fully saturated rings. The summed E-state index contributed by atoms with van der Waals surface area (Å²) in [4.78, 5) is 13.0. The van der Waals surface area contributed by atoms with Gasteiger partial charge in [-0.2, -0.15) is 15.0 Å². The molecule has 1 aromatic carbocycles. The first-order valence-electron chi connectivity index (χ1n) is 6.67. The fraction of sp³-hybridized carbons (Fsp3) is 0.400. The Kier molecular flexibility index (Phi) is 4.17. The minimum absolute atomic E-state index is 0.324. The van der Waals surface area contributed by atoms with E-state index in [1.54, 1.807) is 7.11 Å². The van der Waals surface area contributed by atoms with Gasteiger partial charge in [-0.25, -0.2) is 0 Å². The summed E-state index contributed by atoms with van der Waals surface area (Å²) in [5, 5.41) is 3.10. The minimum Gasteiger partial charge on any atom is -0.467 e. The summed E-state index contributed by atoms with van der Waals surface area (Å²) in [6, 6.07) is 4.59. The molecule has 0 aliphatic rings. The van der Waals surface area contributed by atoms with Crippen molar-refractivity contribution in [2.24, 2.45) is 0 Å². The molecule has 0 aliphatic carbocycles. The van der Waals surface area contributed by atoms with Gasteiger partial charge in [-0.3, -0.25) is 0 Å². The maximum atomic E-state index is 5.16. The number of aromatic nitrogens is 3. The van der Waals surface area contributed by atoms with Crippen LogP contribution < -0.4 is 10.1 Å². The molecule has 0 saturated carbocycles. The molecule has 0 bridgehead atoms. The SMILES string of the molecule is CCNc1nc(OC)nc(-c2c(C)cc(C)cc2C)n1. The van der Waals surface area contributed by atoms with Crippen molar-refractivity contribution in [1.29, 1.82) is 0 Å². The number of rotatable bonds is 4. The summed E-state index contributed by atoms with van der Waals surface area (Å²) in [6.07, 6.45) is 0. The van der Waals surface area contributed by atoms with Crippen molar-refractivity contribution in [3.8, 4) is 17.4 Å². The first-order valence-corrected chi connectivity index (χ1v) is 6.67. The van der Waals surface area contributed by atoms with Gasteiger partial charge in [-0.1, -0.05) is 17.7 Å². The third-order valence-corrected chi connectivity index (χ3v) is 3.03. The summed E-state index contributed by atoms with van der Waals surface area (Å²) in [6.45, 7) is 8.97. The normalized spacial score (nSPS) is 10.4. The monoisotopic (exact) mass is 272 g/mol. The van der Waals surface area contributed by atoms with Crippen LogP contribution in [0.5, 0.6) is 6.01 Å². The van der Waals surface area contributed by atoms with Crippen molar-refractivity contribution in [3.05, 3.63) is 28.8 Å². The van der Waals surface area contributed by atoms with Gasteiger partial charge in [0.15, 0.2) is 5.82 Å². The van der Waals surface area contributed by atoms with E-state index >= 15 is 0 Å². The zero-order chi connectivity index (χ0) is 14.7. The van der Waals surface area contributed by atoms with Gasteiger partial charge in [-0.05, 0) is 38.8 Å². The summed E-state index contributed by atoms with van der Waals surface area (Å²) < 4.78 is 5.16. The number of hydrogen-bond donors (Lipinski definition) is 1. The fourth-order valence-corrected chi connectivity index (χ4v) is 2.33. The molecule has 5 nitrogen and oxygen atoms in total. The molecule has 0 unspecified atom stereocenters. The highest BCUT2D eigenvalue weighted by Crippen LogP contribution is 2.27. The van der Waals surface area contributed by atoms with Crippen molar-refractivity contribution in [2.45, 2.75) is 27.7 Å². The highest BCUT2D eigenvalue weighted by Gasteiger charge is 2.13. The molecule has 5 heteroatoms. The van der Waals surface area contributed by atoms with E-state index in [9.17, 15) is 0 Å². The van der Waals surface area contributed by atoms with Crippen LogP contribution in [-0.4, -0.2) is 28.6 Å². The molecule has 0 aliphatic heterocycles. The van der Waals surface area contributed by atoms with E-state index in [1.165, 1.54) is 5.56 Å². The third-order valence-electron chi connectivity index (χ3n) is 3.03. The van der Waals surface area contributed by atoms with Gasteiger partial charge in [0.1, 0.15) is 0 Å². The van der Waals surface area contributed by atoms with Crippen molar-refractivity contribution in [3.63, 3.8) is 0 Å². The Labute approximate surface area is 119 Å².